The SMILES string of the molecule is Clc1cc(NCC2(C3CC3)CC2)n2ncnc2n1. The van der Waals surface area contributed by atoms with Gasteiger partial charge in [-0.25, -0.2) is 0 Å². The third-order valence-corrected chi connectivity index (χ3v) is 4.37. The molecule has 2 heterocycles. The second kappa shape index (κ2) is 3.57. The van der Waals surface area contributed by atoms with Crippen LogP contribution >= 0.6 is 11.6 Å². The van der Waals surface area contributed by atoms with E-state index in [9.17, 15) is 0 Å². The van der Waals surface area contributed by atoms with Gasteiger partial charge < -0.3 is 5.32 Å². The molecule has 1 N–H and O–H groups in total. The van der Waals surface area contributed by atoms with Crippen molar-refractivity contribution in [2.45, 2.75) is 25.7 Å². The zero-order valence-corrected chi connectivity index (χ0v) is 10.7. The van der Waals surface area contributed by atoms with Crippen LogP contribution in [0.5, 0.6) is 0 Å². The highest BCUT2D eigenvalue weighted by Crippen LogP contribution is 2.61. The molecule has 0 atom stereocenters. The molecule has 5 nitrogen and oxygen atoms in total. The molecule has 18 heavy (non-hydrogen) atoms. The average molecular weight is 264 g/mol. The van der Waals surface area contributed by atoms with Crippen LogP contribution in [0.1, 0.15) is 25.7 Å². The molecule has 94 valence electrons. The van der Waals surface area contributed by atoms with Crippen LogP contribution in [0.15, 0.2) is 12.4 Å². The summed E-state index contributed by atoms with van der Waals surface area (Å²) in [5.41, 5.74) is 0.544. The Hall–Kier alpha value is -1.36. The monoisotopic (exact) mass is 263 g/mol. The first kappa shape index (κ1) is 10.6. The molecule has 0 radical (unpaired) electrons. The van der Waals surface area contributed by atoms with Crippen LogP contribution in [-0.4, -0.2) is 26.1 Å². The van der Waals surface area contributed by atoms with Crippen LogP contribution in [0.3, 0.4) is 0 Å². The van der Waals surface area contributed by atoms with Gasteiger partial charge in [-0.3, -0.25) is 0 Å². The minimum absolute atomic E-state index is 0.453. The van der Waals surface area contributed by atoms with Gasteiger partial charge in [-0.2, -0.15) is 19.6 Å². The first-order valence-corrected chi connectivity index (χ1v) is 6.75. The molecule has 2 saturated carbocycles. The molecule has 2 aliphatic carbocycles. The van der Waals surface area contributed by atoms with Crippen LogP contribution in [-0.2, 0) is 0 Å². The third-order valence-electron chi connectivity index (χ3n) is 4.18. The van der Waals surface area contributed by atoms with Gasteiger partial charge in [0.2, 0.25) is 0 Å². The van der Waals surface area contributed by atoms with Crippen molar-refractivity contribution in [1.82, 2.24) is 19.6 Å². The lowest BCUT2D eigenvalue weighted by atomic mass is 10.0. The first-order valence-electron chi connectivity index (χ1n) is 6.37. The van der Waals surface area contributed by atoms with Crippen LogP contribution in [0.25, 0.3) is 5.78 Å². The van der Waals surface area contributed by atoms with Crippen molar-refractivity contribution in [2.75, 3.05) is 11.9 Å². The van der Waals surface area contributed by atoms with Crippen molar-refractivity contribution in [3.63, 3.8) is 0 Å². The van der Waals surface area contributed by atoms with E-state index in [2.05, 4.69) is 20.4 Å². The summed E-state index contributed by atoms with van der Waals surface area (Å²) in [7, 11) is 0. The van der Waals surface area contributed by atoms with Crippen LogP contribution in [0, 0.1) is 11.3 Å². The summed E-state index contributed by atoms with van der Waals surface area (Å²) < 4.78 is 1.70. The quantitative estimate of drug-likeness (QED) is 0.861. The third kappa shape index (κ3) is 1.65. The predicted molar refractivity (Wildman–Crippen MR) is 68.7 cm³/mol. The molecule has 6 heteroatoms. The molecule has 0 unspecified atom stereocenters. The van der Waals surface area contributed by atoms with Gasteiger partial charge in [0.1, 0.15) is 17.3 Å². The number of fused-ring (bicyclic) bond motifs is 1. The maximum atomic E-state index is 5.99. The summed E-state index contributed by atoms with van der Waals surface area (Å²) in [5.74, 6) is 2.37. The standard InChI is InChI=1S/C12H14ClN5/c13-9-5-10(18-11(17-9)15-7-16-18)14-6-12(3-4-12)8-1-2-8/h5,7-8,14H,1-4,6H2. The molecule has 0 aliphatic heterocycles. The molecule has 2 aromatic heterocycles. The molecule has 0 saturated heterocycles. The van der Waals surface area contributed by atoms with Crippen LogP contribution in [0.4, 0.5) is 5.82 Å². The van der Waals surface area contributed by atoms with E-state index in [0.29, 0.717) is 16.3 Å². The Balaban J connectivity index is 1.60. The molecular weight excluding hydrogens is 250 g/mol. The van der Waals surface area contributed by atoms with E-state index < -0.39 is 0 Å². The number of halogens is 1. The fourth-order valence-corrected chi connectivity index (χ4v) is 2.94. The van der Waals surface area contributed by atoms with Gasteiger partial charge in [0, 0.05) is 12.6 Å². The topological polar surface area (TPSA) is 55.1 Å². The van der Waals surface area contributed by atoms with Crippen molar-refractivity contribution < 1.29 is 0 Å². The van der Waals surface area contributed by atoms with E-state index >= 15 is 0 Å². The van der Waals surface area contributed by atoms with Crippen molar-refractivity contribution in [1.29, 1.82) is 0 Å². The smallest absolute Gasteiger partial charge is 0.255 e. The first-order chi connectivity index (χ1) is 8.77. The second-order valence-electron chi connectivity index (χ2n) is 5.43. The lowest BCUT2D eigenvalue weighted by molar-refractivity contribution is 0.466. The Kier molecular flexibility index (Phi) is 2.09. The van der Waals surface area contributed by atoms with Gasteiger partial charge in [-0.15, -0.1) is 0 Å². The van der Waals surface area contributed by atoms with Gasteiger partial charge in [0.15, 0.2) is 0 Å². The summed E-state index contributed by atoms with van der Waals surface area (Å²) in [6.07, 6.45) is 7.00. The van der Waals surface area contributed by atoms with Crippen LogP contribution in [0.2, 0.25) is 5.15 Å². The number of rotatable bonds is 4. The van der Waals surface area contributed by atoms with Gasteiger partial charge in [-0.05, 0) is 37.0 Å². The molecule has 2 aromatic rings. The summed E-state index contributed by atoms with van der Waals surface area (Å²) in [5, 5.41) is 8.09. The zero-order valence-electron chi connectivity index (χ0n) is 9.93. The molecule has 2 aliphatic rings. The number of nitrogens with zero attached hydrogens (tertiary/aromatic N) is 4. The van der Waals surface area contributed by atoms with Gasteiger partial charge >= 0.3 is 0 Å². The zero-order chi connectivity index (χ0) is 12.2. The molecular formula is C12H14ClN5. The minimum Gasteiger partial charge on any atom is -0.369 e. The summed E-state index contributed by atoms with van der Waals surface area (Å²) in [6, 6.07) is 1.81. The average Bonchev–Trinajstić information content (AvgIpc) is 3.23. The van der Waals surface area contributed by atoms with E-state index in [1.54, 1.807) is 4.52 Å². The Bertz CT molecular complexity index is 600. The maximum absolute atomic E-state index is 5.99. The van der Waals surface area contributed by atoms with E-state index in [0.717, 1.165) is 18.3 Å². The predicted octanol–water partition coefficient (Wildman–Crippen LogP) is 2.38. The van der Waals surface area contributed by atoms with Crippen molar-refractivity contribution in [3.8, 4) is 0 Å². The Morgan fingerprint density at radius 1 is 1.44 bits per heavy atom. The van der Waals surface area contributed by atoms with E-state index in [1.165, 1.54) is 32.0 Å². The summed E-state index contributed by atoms with van der Waals surface area (Å²) in [4.78, 5) is 8.18. The summed E-state index contributed by atoms with van der Waals surface area (Å²) >= 11 is 5.99. The molecule has 0 spiro atoms. The summed E-state index contributed by atoms with van der Waals surface area (Å²) in [6.45, 7) is 1.01. The molecule has 0 amide bonds. The molecule has 4 rings (SSSR count). The lowest BCUT2D eigenvalue weighted by Crippen LogP contribution is -2.19. The van der Waals surface area contributed by atoms with Crippen molar-refractivity contribution in [2.24, 2.45) is 11.3 Å². The largest absolute Gasteiger partial charge is 0.369 e. The van der Waals surface area contributed by atoms with Crippen molar-refractivity contribution in [3.05, 3.63) is 17.5 Å². The Morgan fingerprint density at radius 2 is 2.28 bits per heavy atom. The highest BCUT2D eigenvalue weighted by molar-refractivity contribution is 6.29. The fraction of sp³-hybridized carbons (Fsp3) is 0.583. The minimum atomic E-state index is 0.453. The number of hydrogen-bond acceptors (Lipinski definition) is 4. The molecule has 0 aromatic carbocycles. The Morgan fingerprint density at radius 3 is 3.00 bits per heavy atom. The molecule has 2 fully saturated rings. The number of aromatic nitrogens is 4. The van der Waals surface area contributed by atoms with Gasteiger partial charge in [0.25, 0.3) is 5.78 Å². The van der Waals surface area contributed by atoms with Crippen molar-refractivity contribution >= 4 is 23.2 Å². The fourth-order valence-electron chi connectivity index (χ4n) is 2.76. The molecule has 0 bridgehead atoms. The number of hydrogen-bond donors (Lipinski definition) is 1. The van der Waals surface area contributed by atoms with Gasteiger partial charge in [0.05, 0.1) is 0 Å². The van der Waals surface area contributed by atoms with Gasteiger partial charge in [-0.1, -0.05) is 11.6 Å². The number of anilines is 1. The maximum Gasteiger partial charge on any atom is 0.255 e. The number of nitrogens with one attached hydrogen (secondary N) is 1. The van der Waals surface area contributed by atoms with E-state index in [1.807, 2.05) is 6.07 Å². The highest BCUT2D eigenvalue weighted by Gasteiger charge is 2.53. The normalized spacial score (nSPS) is 21.2. The second-order valence-corrected chi connectivity index (χ2v) is 5.81. The van der Waals surface area contributed by atoms with Crippen LogP contribution < -0.4 is 5.32 Å². The Labute approximate surface area is 110 Å². The highest BCUT2D eigenvalue weighted by atomic mass is 35.5. The lowest BCUT2D eigenvalue weighted by Gasteiger charge is -2.16. The van der Waals surface area contributed by atoms with E-state index in [4.69, 9.17) is 11.6 Å². The van der Waals surface area contributed by atoms with E-state index in [-0.39, 0.29) is 0 Å².